The van der Waals surface area contributed by atoms with Gasteiger partial charge in [-0.1, -0.05) is 23.4 Å². The second kappa shape index (κ2) is 10.9. The number of carbonyl (C=O) groups excluding carboxylic acids is 1. The minimum Gasteiger partial charge on any atom is -0.434 e. The Morgan fingerprint density at radius 3 is 2.42 bits per heavy atom. The van der Waals surface area contributed by atoms with Crippen LogP contribution in [0.2, 0.25) is 5.02 Å². The predicted octanol–water partition coefficient (Wildman–Crippen LogP) is 3.81. The first-order valence-electron chi connectivity index (χ1n) is 6.50. The molecule has 3 aromatic rings. The molecule has 0 aliphatic heterocycles. The number of anilines is 1. The summed E-state index contributed by atoms with van der Waals surface area (Å²) in [5.74, 6) is -0.791. The monoisotopic (exact) mass is 565 g/mol. The van der Waals surface area contributed by atoms with E-state index in [-0.39, 0.29) is 37.0 Å². The van der Waals surface area contributed by atoms with Gasteiger partial charge in [-0.05, 0) is 18.2 Å². The summed E-state index contributed by atoms with van der Waals surface area (Å²) in [6.45, 7) is 0. The van der Waals surface area contributed by atoms with E-state index in [2.05, 4.69) is 27.4 Å². The summed E-state index contributed by atoms with van der Waals surface area (Å²) in [7, 11) is 0. The maximum Gasteiger partial charge on any atom is 2.00 e. The zero-order valence-corrected chi connectivity index (χ0v) is 17.3. The Morgan fingerprint density at radius 1 is 1.12 bits per heavy atom. The SMILES string of the molecule is O=C(Nc1c[c-]cc(F)c1)c1cccc(Cl)c1.[U+2].[c-]1cncnc1. The van der Waals surface area contributed by atoms with Crippen LogP contribution in [0, 0.1) is 49.1 Å². The van der Waals surface area contributed by atoms with Crippen LogP contribution < -0.4 is 5.32 Å². The molecule has 3 rings (SSSR count). The minimum atomic E-state index is -0.450. The van der Waals surface area contributed by atoms with Crippen LogP contribution in [0.1, 0.15) is 10.4 Å². The zero-order valence-electron chi connectivity index (χ0n) is 12.3. The Bertz CT molecular complexity index is 748. The van der Waals surface area contributed by atoms with Crippen LogP contribution in [0.4, 0.5) is 10.1 Å². The Hall–Kier alpha value is -1.74. The van der Waals surface area contributed by atoms with E-state index in [0.29, 0.717) is 16.3 Å². The summed E-state index contributed by atoms with van der Waals surface area (Å²) < 4.78 is 12.9. The van der Waals surface area contributed by atoms with Crippen molar-refractivity contribution >= 4 is 23.2 Å². The van der Waals surface area contributed by atoms with Crippen LogP contribution in [-0.4, -0.2) is 15.9 Å². The molecule has 1 heterocycles. The van der Waals surface area contributed by atoms with Crippen molar-refractivity contribution in [2.45, 2.75) is 0 Å². The van der Waals surface area contributed by atoms with Crippen LogP contribution in [0.3, 0.4) is 0 Å². The van der Waals surface area contributed by atoms with Crippen LogP contribution in [-0.2, 0) is 0 Å². The van der Waals surface area contributed by atoms with E-state index in [1.165, 1.54) is 24.5 Å². The molecule has 0 spiro atoms. The number of carbonyl (C=O) groups is 1. The van der Waals surface area contributed by atoms with Crippen LogP contribution in [0.5, 0.6) is 0 Å². The van der Waals surface area contributed by atoms with Crippen molar-refractivity contribution in [2.24, 2.45) is 0 Å². The summed E-state index contributed by atoms with van der Waals surface area (Å²) in [4.78, 5) is 19.0. The second-order valence-corrected chi connectivity index (χ2v) is 4.68. The molecule has 7 heteroatoms. The predicted molar refractivity (Wildman–Crippen MR) is 85.5 cm³/mol. The van der Waals surface area contributed by atoms with E-state index in [4.69, 9.17) is 11.6 Å². The average molecular weight is 566 g/mol. The van der Waals surface area contributed by atoms with Gasteiger partial charge in [-0.15, -0.1) is 24.5 Å². The van der Waals surface area contributed by atoms with Gasteiger partial charge in [0.05, 0.1) is 0 Å². The molecule has 4 nitrogen and oxygen atoms in total. The normalized spacial score (nSPS) is 9.08. The Morgan fingerprint density at radius 2 is 1.88 bits per heavy atom. The van der Waals surface area contributed by atoms with Gasteiger partial charge in [0.15, 0.2) is 0 Å². The van der Waals surface area contributed by atoms with Crippen LogP contribution in [0.25, 0.3) is 0 Å². The molecule has 2 aromatic carbocycles. The third-order valence-corrected chi connectivity index (χ3v) is 2.76. The van der Waals surface area contributed by atoms with Crippen LogP contribution in [0.15, 0.2) is 61.2 Å². The van der Waals surface area contributed by atoms with Gasteiger partial charge in [-0.25, -0.2) is 0 Å². The molecule has 0 atom stereocenters. The van der Waals surface area contributed by atoms with Crippen molar-refractivity contribution in [3.8, 4) is 0 Å². The van der Waals surface area contributed by atoms with Crippen molar-refractivity contribution in [3.05, 3.63) is 89.7 Å². The van der Waals surface area contributed by atoms with Gasteiger partial charge in [-0.3, -0.25) is 19.2 Å². The molecule has 0 saturated heterocycles. The zero-order chi connectivity index (χ0) is 16.5. The maximum absolute atomic E-state index is 12.9. The van der Waals surface area contributed by atoms with Gasteiger partial charge < -0.3 is 11.4 Å². The quantitative estimate of drug-likeness (QED) is 0.481. The Balaban J connectivity index is 0.000000349. The fourth-order valence-corrected chi connectivity index (χ4v) is 1.76. The second-order valence-electron chi connectivity index (χ2n) is 4.24. The van der Waals surface area contributed by atoms with Gasteiger partial charge in [0.2, 0.25) is 5.91 Å². The number of nitrogens with zero attached hydrogens (tertiary/aromatic N) is 2. The van der Waals surface area contributed by atoms with E-state index < -0.39 is 5.82 Å². The fourth-order valence-electron chi connectivity index (χ4n) is 1.57. The third kappa shape index (κ3) is 7.22. The summed E-state index contributed by atoms with van der Waals surface area (Å²) in [5.41, 5.74) is 0.775. The molecular weight excluding hydrogens is 555 g/mol. The number of benzene rings is 2. The van der Waals surface area contributed by atoms with Gasteiger partial charge in [0, 0.05) is 16.4 Å². The van der Waals surface area contributed by atoms with E-state index in [1.54, 1.807) is 36.7 Å². The molecule has 118 valence electrons. The van der Waals surface area contributed by atoms with Crippen molar-refractivity contribution < 1.29 is 40.3 Å². The topological polar surface area (TPSA) is 54.9 Å². The molecule has 1 N–H and O–H groups in total. The van der Waals surface area contributed by atoms with E-state index >= 15 is 0 Å². The average Bonchev–Trinajstić information content (AvgIpc) is 2.57. The van der Waals surface area contributed by atoms with Crippen molar-refractivity contribution in [2.75, 3.05) is 5.32 Å². The summed E-state index contributed by atoms with van der Waals surface area (Å²) in [6, 6.07) is 15.7. The maximum atomic E-state index is 12.9. The van der Waals surface area contributed by atoms with Gasteiger partial charge in [-0.2, -0.15) is 12.1 Å². The van der Waals surface area contributed by atoms with Crippen molar-refractivity contribution in [1.82, 2.24) is 9.97 Å². The smallest absolute Gasteiger partial charge is 0.434 e. The molecular formula is C17H11ClFN3OU. The molecule has 0 saturated carbocycles. The molecule has 0 fully saturated rings. The largest absolute Gasteiger partial charge is 2.00 e. The van der Waals surface area contributed by atoms with Gasteiger partial charge >= 0.3 is 31.1 Å². The summed E-state index contributed by atoms with van der Waals surface area (Å²) in [5, 5.41) is 3.03. The molecule has 0 aliphatic rings. The first-order valence-corrected chi connectivity index (χ1v) is 6.87. The molecule has 1 amide bonds. The molecule has 0 radical (unpaired) electrons. The molecule has 24 heavy (non-hydrogen) atoms. The van der Waals surface area contributed by atoms with E-state index in [1.807, 2.05) is 0 Å². The third-order valence-electron chi connectivity index (χ3n) is 2.53. The first-order chi connectivity index (χ1) is 11.1. The molecule has 1 aromatic heterocycles. The van der Waals surface area contributed by atoms with E-state index in [0.717, 1.165) is 0 Å². The number of rotatable bonds is 2. The Kier molecular flexibility index (Phi) is 9.25. The number of hydrogen-bond donors (Lipinski definition) is 1. The summed E-state index contributed by atoms with van der Waals surface area (Å²) >= 11 is 5.77. The van der Waals surface area contributed by atoms with Gasteiger partial charge in [0.25, 0.3) is 0 Å². The number of hydrogen-bond acceptors (Lipinski definition) is 3. The molecule has 0 bridgehead atoms. The summed E-state index contributed by atoms with van der Waals surface area (Å²) in [6.07, 6.45) is 4.59. The number of aromatic nitrogens is 2. The van der Waals surface area contributed by atoms with Crippen LogP contribution >= 0.6 is 11.6 Å². The number of amides is 1. The fraction of sp³-hybridized carbons (Fsp3) is 0. The van der Waals surface area contributed by atoms with Crippen molar-refractivity contribution in [3.63, 3.8) is 0 Å². The van der Waals surface area contributed by atoms with Crippen molar-refractivity contribution in [1.29, 1.82) is 0 Å². The number of nitrogens with one attached hydrogen (secondary N) is 1. The van der Waals surface area contributed by atoms with E-state index in [9.17, 15) is 9.18 Å². The number of halogens is 2. The Labute approximate surface area is 167 Å². The first kappa shape index (κ1) is 20.3. The molecule has 0 unspecified atom stereocenters. The van der Waals surface area contributed by atoms with Gasteiger partial charge in [0.1, 0.15) is 6.33 Å². The minimum absolute atomic E-state index is 0. The standard InChI is InChI=1S/C13H8ClFNO.C4H3N2.U/c14-10-4-1-3-9(7-10)13(17)16-12-6-2-5-11(15)8-12;1-2-5-4-6-3-1;/h1,3-8H,(H,16,17);2-4H;/q2*-1;+2. The molecule has 0 aliphatic carbocycles.